The first kappa shape index (κ1) is 14.8. The molecule has 1 aliphatic heterocycles. The van der Waals surface area contributed by atoms with E-state index in [-0.39, 0.29) is 6.10 Å². The van der Waals surface area contributed by atoms with Crippen LogP contribution in [0.5, 0.6) is 0 Å². The van der Waals surface area contributed by atoms with E-state index >= 15 is 0 Å². The van der Waals surface area contributed by atoms with Crippen LogP contribution >= 0.6 is 0 Å². The normalized spacial score (nSPS) is 29.2. The lowest BCUT2D eigenvalue weighted by Crippen LogP contribution is -2.51. The Hall–Kier alpha value is -0.120. The van der Waals surface area contributed by atoms with Crippen molar-refractivity contribution in [2.45, 2.75) is 69.9 Å². The molecule has 0 bridgehead atoms. The second kappa shape index (κ2) is 7.24. The summed E-state index contributed by atoms with van der Waals surface area (Å²) in [6.45, 7) is 5.69. The van der Waals surface area contributed by atoms with Crippen LogP contribution in [-0.4, -0.2) is 59.8 Å². The minimum Gasteiger partial charge on any atom is -0.392 e. The van der Waals surface area contributed by atoms with E-state index in [0.717, 1.165) is 38.0 Å². The van der Waals surface area contributed by atoms with E-state index in [4.69, 9.17) is 0 Å². The van der Waals surface area contributed by atoms with E-state index in [2.05, 4.69) is 9.80 Å². The van der Waals surface area contributed by atoms with Gasteiger partial charge in [0.1, 0.15) is 0 Å². The molecule has 20 heavy (non-hydrogen) atoms. The van der Waals surface area contributed by atoms with Gasteiger partial charge in [0.05, 0.1) is 6.10 Å². The van der Waals surface area contributed by atoms with Crippen LogP contribution in [0.25, 0.3) is 0 Å². The van der Waals surface area contributed by atoms with Gasteiger partial charge in [0, 0.05) is 38.8 Å². The summed E-state index contributed by atoms with van der Waals surface area (Å²) in [5.41, 5.74) is 0. The smallest absolute Gasteiger partial charge is 0.0669 e. The Morgan fingerprint density at radius 2 is 1.45 bits per heavy atom. The maximum absolute atomic E-state index is 10.3. The molecule has 1 N–H and O–H groups in total. The highest BCUT2D eigenvalue weighted by atomic mass is 16.3. The van der Waals surface area contributed by atoms with E-state index < -0.39 is 0 Å². The molecule has 116 valence electrons. The van der Waals surface area contributed by atoms with E-state index in [1.165, 1.54) is 64.5 Å². The highest BCUT2D eigenvalue weighted by molar-refractivity contribution is 4.83. The minimum absolute atomic E-state index is 0.0869. The third-order valence-electron chi connectivity index (χ3n) is 5.80. The summed E-state index contributed by atoms with van der Waals surface area (Å²) in [5.74, 6) is 0.810. The number of hydrogen-bond donors (Lipinski definition) is 1. The predicted octanol–water partition coefficient (Wildman–Crippen LogP) is 2.49. The molecule has 2 saturated carbocycles. The van der Waals surface area contributed by atoms with Crippen molar-refractivity contribution in [1.29, 1.82) is 0 Å². The molecule has 1 heterocycles. The molecule has 0 aromatic rings. The molecule has 3 aliphatic rings. The summed E-state index contributed by atoms with van der Waals surface area (Å²) >= 11 is 0. The molecule has 1 saturated heterocycles. The zero-order chi connectivity index (χ0) is 13.8. The van der Waals surface area contributed by atoms with E-state index in [9.17, 15) is 5.11 Å². The van der Waals surface area contributed by atoms with Crippen molar-refractivity contribution in [3.8, 4) is 0 Å². The van der Waals surface area contributed by atoms with E-state index in [1.807, 2.05) is 0 Å². The van der Waals surface area contributed by atoms with Gasteiger partial charge in [-0.25, -0.2) is 0 Å². The largest absolute Gasteiger partial charge is 0.392 e. The highest BCUT2D eigenvalue weighted by Gasteiger charge is 2.27. The lowest BCUT2D eigenvalue weighted by atomic mass is 9.99. The van der Waals surface area contributed by atoms with Crippen LogP contribution in [0.4, 0.5) is 0 Å². The Morgan fingerprint density at radius 3 is 2.10 bits per heavy atom. The van der Waals surface area contributed by atoms with Gasteiger partial charge >= 0.3 is 0 Å². The van der Waals surface area contributed by atoms with Crippen LogP contribution in [0.3, 0.4) is 0 Å². The van der Waals surface area contributed by atoms with Crippen LogP contribution in [0.2, 0.25) is 0 Å². The number of nitrogens with zero attached hydrogens (tertiary/aromatic N) is 2. The van der Waals surface area contributed by atoms with Gasteiger partial charge in [0.2, 0.25) is 0 Å². The molecule has 0 aromatic carbocycles. The van der Waals surface area contributed by atoms with Crippen molar-refractivity contribution < 1.29 is 5.11 Å². The van der Waals surface area contributed by atoms with Crippen molar-refractivity contribution in [3.05, 3.63) is 0 Å². The SMILES string of the molecule is OC(CC1CCCC1)CN1CCN(C2CCCC2)CC1. The monoisotopic (exact) mass is 280 g/mol. The van der Waals surface area contributed by atoms with Crippen LogP contribution < -0.4 is 0 Å². The van der Waals surface area contributed by atoms with Crippen LogP contribution in [0.15, 0.2) is 0 Å². The second-order valence-corrected chi connectivity index (χ2v) is 7.31. The van der Waals surface area contributed by atoms with Gasteiger partial charge in [0.15, 0.2) is 0 Å². The summed E-state index contributed by atoms with van der Waals surface area (Å²) in [6, 6.07) is 0.876. The molecule has 0 radical (unpaired) electrons. The van der Waals surface area contributed by atoms with Crippen molar-refractivity contribution in [2.75, 3.05) is 32.7 Å². The number of aliphatic hydroxyl groups is 1. The lowest BCUT2D eigenvalue weighted by molar-refractivity contribution is 0.0482. The van der Waals surface area contributed by atoms with Crippen molar-refractivity contribution in [2.24, 2.45) is 5.92 Å². The van der Waals surface area contributed by atoms with Crippen molar-refractivity contribution in [3.63, 3.8) is 0 Å². The molecule has 3 rings (SSSR count). The number of piperazine rings is 1. The Labute approximate surface area is 124 Å². The fourth-order valence-electron chi connectivity index (χ4n) is 4.58. The Balaban J connectivity index is 1.35. The molecular weight excluding hydrogens is 248 g/mol. The van der Waals surface area contributed by atoms with Crippen LogP contribution in [0, 0.1) is 5.92 Å². The lowest BCUT2D eigenvalue weighted by Gasteiger charge is -2.38. The fraction of sp³-hybridized carbons (Fsp3) is 1.00. The molecule has 0 aromatic heterocycles. The quantitative estimate of drug-likeness (QED) is 0.838. The molecule has 2 aliphatic carbocycles. The first-order chi connectivity index (χ1) is 9.81. The number of aliphatic hydroxyl groups excluding tert-OH is 1. The Morgan fingerprint density at radius 1 is 0.850 bits per heavy atom. The van der Waals surface area contributed by atoms with Crippen molar-refractivity contribution in [1.82, 2.24) is 9.80 Å². The zero-order valence-corrected chi connectivity index (χ0v) is 13.0. The van der Waals surface area contributed by atoms with Gasteiger partial charge in [0.25, 0.3) is 0 Å². The minimum atomic E-state index is -0.0869. The Kier molecular flexibility index (Phi) is 5.36. The van der Waals surface area contributed by atoms with E-state index in [0.29, 0.717) is 0 Å². The molecule has 3 heteroatoms. The van der Waals surface area contributed by atoms with Gasteiger partial charge in [-0.05, 0) is 25.2 Å². The fourth-order valence-corrected chi connectivity index (χ4v) is 4.58. The third-order valence-corrected chi connectivity index (χ3v) is 5.80. The standard InChI is InChI=1S/C17H32N2O/c20-17(13-15-5-1-2-6-15)14-18-9-11-19(12-10-18)16-7-3-4-8-16/h15-17,20H,1-14H2. The van der Waals surface area contributed by atoms with Gasteiger partial charge < -0.3 is 5.11 Å². The van der Waals surface area contributed by atoms with Gasteiger partial charge in [-0.3, -0.25) is 9.80 Å². The summed E-state index contributed by atoms with van der Waals surface area (Å²) in [4.78, 5) is 5.19. The molecule has 0 amide bonds. The molecule has 1 unspecified atom stereocenters. The second-order valence-electron chi connectivity index (χ2n) is 7.31. The van der Waals surface area contributed by atoms with Gasteiger partial charge in [-0.2, -0.15) is 0 Å². The first-order valence-electron chi connectivity index (χ1n) is 8.96. The zero-order valence-electron chi connectivity index (χ0n) is 13.0. The average Bonchev–Trinajstić information content (AvgIpc) is 3.12. The summed E-state index contributed by atoms with van der Waals surface area (Å²) in [7, 11) is 0. The average molecular weight is 280 g/mol. The molecule has 3 fully saturated rings. The molecule has 0 spiro atoms. The summed E-state index contributed by atoms with van der Waals surface area (Å²) in [6.07, 6.45) is 12.2. The Bertz CT molecular complexity index is 277. The van der Waals surface area contributed by atoms with Crippen molar-refractivity contribution >= 4 is 0 Å². The summed E-state index contributed by atoms with van der Waals surface area (Å²) in [5, 5.41) is 10.3. The maximum atomic E-state index is 10.3. The highest BCUT2D eigenvalue weighted by Crippen LogP contribution is 2.29. The van der Waals surface area contributed by atoms with Gasteiger partial charge in [-0.15, -0.1) is 0 Å². The molecule has 1 atom stereocenters. The summed E-state index contributed by atoms with van der Waals surface area (Å²) < 4.78 is 0. The van der Waals surface area contributed by atoms with Gasteiger partial charge in [-0.1, -0.05) is 38.5 Å². The molecular formula is C17H32N2O. The predicted molar refractivity (Wildman–Crippen MR) is 82.9 cm³/mol. The number of β-amino-alcohol motifs (C(OH)–C–C–N with tert-alkyl or cyclic N) is 1. The number of hydrogen-bond acceptors (Lipinski definition) is 3. The van der Waals surface area contributed by atoms with Crippen LogP contribution in [0.1, 0.15) is 57.8 Å². The third kappa shape index (κ3) is 3.96. The van der Waals surface area contributed by atoms with E-state index in [1.54, 1.807) is 0 Å². The van der Waals surface area contributed by atoms with Crippen LogP contribution in [-0.2, 0) is 0 Å². The number of rotatable bonds is 5. The maximum Gasteiger partial charge on any atom is 0.0669 e. The topological polar surface area (TPSA) is 26.7 Å². The first-order valence-corrected chi connectivity index (χ1v) is 8.96. The molecule has 3 nitrogen and oxygen atoms in total.